The summed E-state index contributed by atoms with van der Waals surface area (Å²) in [5, 5.41) is 3.84. The third kappa shape index (κ3) is 4.93. The maximum absolute atomic E-state index is 12.4. The number of nitrogens with two attached hydrogens (primary N) is 1. The van der Waals surface area contributed by atoms with Crippen LogP contribution in [0.25, 0.3) is 0 Å². The van der Waals surface area contributed by atoms with E-state index in [1.54, 1.807) is 0 Å². The van der Waals surface area contributed by atoms with Crippen molar-refractivity contribution >= 4 is 17.5 Å². The number of likely N-dealkylation sites (tertiary alicyclic amines) is 1. The first-order valence-corrected chi connectivity index (χ1v) is 8.72. The van der Waals surface area contributed by atoms with Crippen molar-refractivity contribution in [2.24, 2.45) is 11.1 Å². The maximum atomic E-state index is 12.4. The molecule has 2 unspecified atom stereocenters. The molecule has 4 nitrogen and oxygen atoms in total. The van der Waals surface area contributed by atoms with Gasteiger partial charge in [-0.3, -0.25) is 9.69 Å². The van der Waals surface area contributed by atoms with Crippen LogP contribution in [0.5, 0.6) is 0 Å². The van der Waals surface area contributed by atoms with E-state index < -0.39 is 0 Å². The van der Waals surface area contributed by atoms with Gasteiger partial charge in [-0.1, -0.05) is 44.5 Å². The molecule has 1 saturated heterocycles. The van der Waals surface area contributed by atoms with Gasteiger partial charge in [0.25, 0.3) is 0 Å². The van der Waals surface area contributed by atoms with Crippen molar-refractivity contribution in [3.63, 3.8) is 0 Å². The van der Waals surface area contributed by atoms with Gasteiger partial charge >= 0.3 is 0 Å². The SMILES string of the molecule is CCC(NC(=O)CN1CCC(N)C(C)(C)C1)c1ccc(Cl)cc1. The Labute approximate surface area is 144 Å². The Balaban J connectivity index is 1.91. The molecule has 0 radical (unpaired) electrons. The van der Waals surface area contributed by atoms with Gasteiger partial charge in [-0.15, -0.1) is 0 Å². The van der Waals surface area contributed by atoms with Crippen LogP contribution >= 0.6 is 11.6 Å². The molecule has 2 atom stereocenters. The largest absolute Gasteiger partial charge is 0.348 e. The number of rotatable bonds is 5. The zero-order valence-electron chi connectivity index (χ0n) is 14.3. The molecule has 3 N–H and O–H groups in total. The molecule has 1 aromatic carbocycles. The molecular weight excluding hydrogens is 310 g/mol. The Morgan fingerprint density at radius 2 is 2.09 bits per heavy atom. The van der Waals surface area contributed by atoms with Crippen LogP contribution in [0.1, 0.15) is 45.2 Å². The van der Waals surface area contributed by atoms with Crippen LogP contribution < -0.4 is 11.1 Å². The van der Waals surface area contributed by atoms with Crippen molar-refractivity contribution in [2.75, 3.05) is 19.6 Å². The number of hydrogen-bond donors (Lipinski definition) is 2. The van der Waals surface area contributed by atoms with Gasteiger partial charge in [-0.05, 0) is 36.0 Å². The summed E-state index contributed by atoms with van der Waals surface area (Å²) in [7, 11) is 0. The second-order valence-corrected chi connectivity index (χ2v) is 7.61. The molecule has 5 heteroatoms. The van der Waals surface area contributed by atoms with E-state index in [4.69, 9.17) is 17.3 Å². The van der Waals surface area contributed by atoms with Crippen molar-refractivity contribution in [1.82, 2.24) is 10.2 Å². The predicted molar refractivity (Wildman–Crippen MR) is 95.4 cm³/mol. The van der Waals surface area contributed by atoms with Crippen molar-refractivity contribution in [3.8, 4) is 0 Å². The Hall–Kier alpha value is -1.10. The topological polar surface area (TPSA) is 58.4 Å². The first-order chi connectivity index (χ1) is 10.8. The van der Waals surface area contributed by atoms with Crippen LogP contribution in [0, 0.1) is 5.41 Å². The number of carbonyl (C=O) groups is 1. The van der Waals surface area contributed by atoms with Crippen molar-refractivity contribution < 1.29 is 4.79 Å². The molecule has 1 amide bonds. The highest BCUT2D eigenvalue weighted by atomic mass is 35.5. The van der Waals surface area contributed by atoms with Crippen LogP contribution in [0.4, 0.5) is 0 Å². The van der Waals surface area contributed by atoms with Crippen LogP contribution in [0.15, 0.2) is 24.3 Å². The van der Waals surface area contributed by atoms with Gasteiger partial charge in [0, 0.05) is 24.2 Å². The molecule has 0 saturated carbocycles. The number of benzene rings is 1. The molecule has 1 heterocycles. The van der Waals surface area contributed by atoms with Gasteiger partial charge in [0.1, 0.15) is 0 Å². The Morgan fingerprint density at radius 1 is 1.43 bits per heavy atom. The van der Waals surface area contributed by atoms with Gasteiger partial charge in [-0.2, -0.15) is 0 Å². The fourth-order valence-corrected chi connectivity index (χ4v) is 3.31. The number of carbonyl (C=O) groups excluding carboxylic acids is 1. The molecule has 1 aliphatic rings. The highest BCUT2D eigenvalue weighted by Gasteiger charge is 2.34. The Kier molecular flexibility index (Phi) is 6.06. The number of nitrogens with zero attached hydrogens (tertiary/aromatic N) is 1. The minimum Gasteiger partial charge on any atom is -0.348 e. The summed E-state index contributed by atoms with van der Waals surface area (Å²) in [6.45, 7) is 8.59. The summed E-state index contributed by atoms with van der Waals surface area (Å²) in [6, 6.07) is 7.90. The van der Waals surface area contributed by atoms with E-state index in [9.17, 15) is 4.79 Å². The van der Waals surface area contributed by atoms with Gasteiger partial charge in [0.15, 0.2) is 0 Å². The number of halogens is 1. The molecule has 1 aliphatic heterocycles. The quantitative estimate of drug-likeness (QED) is 0.868. The lowest BCUT2D eigenvalue weighted by Gasteiger charge is -2.42. The summed E-state index contributed by atoms with van der Waals surface area (Å²) in [5.41, 5.74) is 7.30. The third-order valence-electron chi connectivity index (χ3n) is 4.77. The molecule has 1 aromatic rings. The number of piperidine rings is 1. The molecule has 0 aromatic heterocycles. The third-order valence-corrected chi connectivity index (χ3v) is 5.03. The van der Waals surface area contributed by atoms with E-state index >= 15 is 0 Å². The van der Waals surface area contributed by atoms with E-state index in [1.165, 1.54) is 0 Å². The summed E-state index contributed by atoms with van der Waals surface area (Å²) >= 11 is 5.93. The van der Waals surface area contributed by atoms with Gasteiger partial charge in [-0.25, -0.2) is 0 Å². The Bertz CT molecular complexity index is 530. The number of amides is 1. The maximum Gasteiger partial charge on any atom is 0.234 e. The molecule has 1 fully saturated rings. The second kappa shape index (κ2) is 7.65. The summed E-state index contributed by atoms with van der Waals surface area (Å²) in [5.74, 6) is 0.0677. The fraction of sp³-hybridized carbons (Fsp3) is 0.611. The minimum absolute atomic E-state index is 0.0276. The standard InChI is InChI=1S/C18H28ClN3O/c1-4-15(13-5-7-14(19)8-6-13)21-17(23)11-22-10-9-16(20)18(2,3)12-22/h5-8,15-16H,4,9-12,20H2,1-3H3,(H,21,23). The lowest BCUT2D eigenvalue weighted by Crippen LogP contribution is -2.54. The minimum atomic E-state index is 0.0276. The monoisotopic (exact) mass is 337 g/mol. The van der Waals surface area contributed by atoms with E-state index in [2.05, 4.69) is 31.0 Å². The van der Waals surface area contributed by atoms with Crippen LogP contribution in [-0.2, 0) is 4.79 Å². The lowest BCUT2D eigenvalue weighted by molar-refractivity contribution is -0.123. The fourth-order valence-electron chi connectivity index (χ4n) is 3.18. The van der Waals surface area contributed by atoms with Gasteiger partial charge in [0.2, 0.25) is 5.91 Å². The molecule has 0 bridgehead atoms. The predicted octanol–water partition coefficient (Wildman–Crippen LogP) is 2.97. The van der Waals surface area contributed by atoms with Crippen molar-refractivity contribution in [2.45, 2.75) is 45.7 Å². The first-order valence-electron chi connectivity index (χ1n) is 8.34. The van der Waals surface area contributed by atoms with Crippen molar-refractivity contribution in [1.29, 1.82) is 0 Å². The van der Waals surface area contributed by atoms with E-state index in [0.29, 0.717) is 11.6 Å². The molecule has 23 heavy (non-hydrogen) atoms. The van der Waals surface area contributed by atoms with E-state index in [1.807, 2.05) is 24.3 Å². The normalized spacial score (nSPS) is 22.6. The molecule has 0 spiro atoms. The number of hydrogen-bond acceptors (Lipinski definition) is 3. The van der Waals surface area contributed by atoms with Crippen LogP contribution in [0.2, 0.25) is 5.02 Å². The summed E-state index contributed by atoms with van der Waals surface area (Å²) in [4.78, 5) is 14.6. The summed E-state index contributed by atoms with van der Waals surface area (Å²) < 4.78 is 0. The average molecular weight is 338 g/mol. The van der Waals surface area contributed by atoms with Crippen molar-refractivity contribution in [3.05, 3.63) is 34.9 Å². The molecule has 0 aliphatic carbocycles. The summed E-state index contributed by atoms with van der Waals surface area (Å²) in [6.07, 6.45) is 1.79. The zero-order chi connectivity index (χ0) is 17.0. The Morgan fingerprint density at radius 3 is 2.65 bits per heavy atom. The molecule has 2 rings (SSSR count). The average Bonchev–Trinajstić information content (AvgIpc) is 2.49. The molecular formula is C18H28ClN3O. The first kappa shape index (κ1) is 18.2. The molecule has 128 valence electrons. The van der Waals surface area contributed by atoms with E-state index in [-0.39, 0.29) is 23.4 Å². The van der Waals surface area contributed by atoms with Crippen LogP contribution in [0.3, 0.4) is 0 Å². The van der Waals surface area contributed by atoms with Gasteiger partial charge < -0.3 is 11.1 Å². The smallest absolute Gasteiger partial charge is 0.234 e. The number of nitrogens with one attached hydrogen (secondary N) is 1. The zero-order valence-corrected chi connectivity index (χ0v) is 15.1. The van der Waals surface area contributed by atoms with Gasteiger partial charge in [0.05, 0.1) is 12.6 Å². The highest BCUT2D eigenvalue weighted by Crippen LogP contribution is 2.27. The lowest BCUT2D eigenvalue weighted by atomic mass is 9.80. The van der Waals surface area contributed by atoms with Crippen LogP contribution in [-0.4, -0.2) is 36.5 Å². The van der Waals surface area contributed by atoms with E-state index in [0.717, 1.165) is 31.5 Å². The highest BCUT2D eigenvalue weighted by molar-refractivity contribution is 6.30. The second-order valence-electron chi connectivity index (χ2n) is 7.17.